The van der Waals surface area contributed by atoms with Gasteiger partial charge in [0.25, 0.3) is 0 Å². The minimum absolute atomic E-state index is 0.0237. The number of para-hydroxylation sites is 1. The summed E-state index contributed by atoms with van der Waals surface area (Å²) in [5, 5.41) is 11.2. The molecule has 78 valence electrons. The number of benzene rings is 1. The number of rotatable bonds is 4. The lowest BCUT2D eigenvalue weighted by Crippen LogP contribution is -2.24. The molecule has 0 aliphatic heterocycles. The molecule has 0 spiro atoms. The van der Waals surface area contributed by atoms with E-state index in [1.807, 2.05) is 24.3 Å². The maximum absolute atomic E-state index is 10.2. The van der Waals surface area contributed by atoms with Crippen LogP contribution in [0, 0.1) is 0 Å². The molecule has 15 heavy (non-hydrogen) atoms. The fraction of sp³-hybridized carbons (Fsp3) is 0.200. The summed E-state index contributed by atoms with van der Waals surface area (Å²) in [6, 6.07) is 7.89. The van der Waals surface area contributed by atoms with Gasteiger partial charge in [0.1, 0.15) is 5.01 Å². The van der Waals surface area contributed by atoms with Crippen molar-refractivity contribution in [2.24, 2.45) is 0 Å². The number of aromatic nitrogens is 1. The number of nitrogens with zero attached hydrogens (tertiary/aromatic N) is 1. The first-order chi connectivity index (χ1) is 7.25. The number of thiazole rings is 1. The highest BCUT2D eigenvalue weighted by Crippen LogP contribution is 2.24. The topological polar surface area (TPSA) is 53.0 Å². The molecule has 0 aliphatic carbocycles. The van der Waals surface area contributed by atoms with Crippen LogP contribution in [0.4, 0.5) is 0 Å². The Bertz CT molecular complexity index is 448. The minimum atomic E-state index is -1.03. The Labute approximate surface area is 95.1 Å². The summed E-state index contributed by atoms with van der Waals surface area (Å²) in [4.78, 5) is 14.6. The molecule has 0 saturated heterocycles. The zero-order chi connectivity index (χ0) is 10.7. The number of hydrogen-bond donors (Lipinski definition) is 0. The average molecular weight is 238 g/mol. The molecule has 0 atom stereocenters. The Morgan fingerprint density at radius 3 is 3.00 bits per heavy atom. The third-order valence-corrected chi connectivity index (χ3v) is 3.92. The predicted octanol–water partition coefficient (Wildman–Crippen LogP) is 1.28. The molecular formula is C10H8NO2S2-. The summed E-state index contributed by atoms with van der Waals surface area (Å²) in [5.74, 6) is -0.371. The number of carbonyl (C=O) groups excluding carboxylic acids is 1. The van der Waals surface area contributed by atoms with Gasteiger partial charge in [0.05, 0.1) is 16.2 Å². The highest BCUT2D eigenvalue weighted by atomic mass is 32.2. The highest BCUT2D eigenvalue weighted by Gasteiger charge is 2.02. The molecule has 5 heteroatoms. The van der Waals surface area contributed by atoms with E-state index >= 15 is 0 Å². The van der Waals surface area contributed by atoms with Crippen LogP contribution in [0.1, 0.15) is 5.01 Å². The van der Waals surface area contributed by atoms with Crippen molar-refractivity contribution in [2.75, 3.05) is 5.75 Å². The third-order valence-electron chi connectivity index (χ3n) is 1.78. The molecule has 0 saturated carbocycles. The van der Waals surface area contributed by atoms with Crippen LogP contribution in [0.5, 0.6) is 0 Å². The second kappa shape index (κ2) is 4.63. The molecule has 1 aromatic carbocycles. The molecule has 3 nitrogen and oxygen atoms in total. The number of hydrogen-bond acceptors (Lipinski definition) is 5. The molecule has 0 radical (unpaired) electrons. The van der Waals surface area contributed by atoms with Gasteiger partial charge >= 0.3 is 0 Å². The Morgan fingerprint density at radius 1 is 1.47 bits per heavy atom. The summed E-state index contributed by atoms with van der Waals surface area (Å²) >= 11 is 2.92. The van der Waals surface area contributed by atoms with Crippen molar-refractivity contribution < 1.29 is 9.90 Å². The molecule has 2 aromatic rings. The largest absolute Gasteiger partial charge is 0.549 e. The Balaban J connectivity index is 2.05. The quantitative estimate of drug-likeness (QED) is 0.805. The van der Waals surface area contributed by atoms with Crippen LogP contribution in [0.25, 0.3) is 10.2 Å². The van der Waals surface area contributed by atoms with Crippen molar-refractivity contribution in [3.05, 3.63) is 29.3 Å². The number of aliphatic carboxylic acids is 1. The number of carbonyl (C=O) groups is 1. The van der Waals surface area contributed by atoms with E-state index in [1.165, 1.54) is 11.8 Å². The summed E-state index contributed by atoms with van der Waals surface area (Å²) in [6.07, 6.45) is 0. The molecule has 0 bridgehead atoms. The molecule has 1 aromatic heterocycles. The smallest absolute Gasteiger partial charge is 0.104 e. The lowest BCUT2D eigenvalue weighted by molar-refractivity contribution is -0.301. The fourth-order valence-corrected chi connectivity index (χ4v) is 2.96. The summed E-state index contributed by atoms with van der Waals surface area (Å²) in [5.41, 5.74) is 0.978. The second-order valence-corrected chi connectivity index (χ2v) is 5.04. The van der Waals surface area contributed by atoms with Crippen LogP contribution >= 0.6 is 23.1 Å². The van der Waals surface area contributed by atoms with Crippen LogP contribution in [-0.4, -0.2) is 16.7 Å². The molecule has 2 rings (SSSR count). The standard InChI is InChI=1S/C10H9NO2S2/c12-10(13)6-14-5-9-11-7-3-1-2-4-8(7)15-9/h1-4H,5-6H2,(H,12,13)/p-1. The molecule has 1 heterocycles. The predicted molar refractivity (Wildman–Crippen MR) is 60.8 cm³/mol. The van der Waals surface area contributed by atoms with Gasteiger partial charge in [-0.25, -0.2) is 4.98 Å². The van der Waals surface area contributed by atoms with Gasteiger partial charge in [-0.2, -0.15) is 0 Å². The molecule has 0 unspecified atom stereocenters. The minimum Gasteiger partial charge on any atom is -0.549 e. The lowest BCUT2D eigenvalue weighted by Gasteiger charge is -1.98. The van der Waals surface area contributed by atoms with Crippen molar-refractivity contribution in [3.63, 3.8) is 0 Å². The van der Waals surface area contributed by atoms with Crippen molar-refractivity contribution >= 4 is 39.3 Å². The fourth-order valence-electron chi connectivity index (χ4n) is 1.20. The Kier molecular flexibility index (Phi) is 3.23. The van der Waals surface area contributed by atoms with E-state index < -0.39 is 5.97 Å². The maximum Gasteiger partial charge on any atom is 0.104 e. The zero-order valence-electron chi connectivity index (χ0n) is 7.80. The molecule has 0 amide bonds. The van der Waals surface area contributed by atoms with E-state index in [9.17, 15) is 9.90 Å². The first kappa shape index (κ1) is 10.4. The van der Waals surface area contributed by atoms with Gasteiger partial charge in [-0.05, 0) is 12.1 Å². The number of fused-ring (bicyclic) bond motifs is 1. The van der Waals surface area contributed by atoms with Crippen LogP contribution in [-0.2, 0) is 10.5 Å². The van der Waals surface area contributed by atoms with Gasteiger partial charge in [-0.1, -0.05) is 12.1 Å². The van der Waals surface area contributed by atoms with Crippen LogP contribution < -0.4 is 5.11 Å². The Morgan fingerprint density at radius 2 is 2.27 bits per heavy atom. The highest BCUT2D eigenvalue weighted by molar-refractivity contribution is 7.99. The molecule has 0 aliphatic rings. The molecule has 0 N–H and O–H groups in total. The van der Waals surface area contributed by atoms with Crippen LogP contribution in [0.15, 0.2) is 24.3 Å². The van der Waals surface area contributed by atoms with E-state index in [-0.39, 0.29) is 5.75 Å². The lowest BCUT2D eigenvalue weighted by atomic mass is 10.3. The van der Waals surface area contributed by atoms with Gasteiger partial charge in [0.15, 0.2) is 0 Å². The number of carboxylic acid groups (broad SMARTS) is 1. The normalized spacial score (nSPS) is 10.7. The van der Waals surface area contributed by atoms with Crippen molar-refractivity contribution in [1.29, 1.82) is 0 Å². The molecular weight excluding hydrogens is 230 g/mol. The van der Waals surface area contributed by atoms with E-state index in [0.29, 0.717) is 5.75 Å². The average Bonchev–Trinajstić information content (AvgIpc) is 2.59. The number of carboxylic acids is 1. The van der Waals surface area contributed by atoms with Gasteiger partial charge in [0.2, 0.25) is 0 Å². The van der Waals surface area contributed by atoms with Crippen LogP contribution in [0.3, 0.4) is 0 Å². The van der Waals surface area contributed by atoms with E-state index in [4.69, 9.17) is 0 Å². The number of thioether (sulfide) groups is 1. The van der Waals surface area contributed by atoms with Gasteiger partial charge < -0.3 is 9.90 Å². The molecule has 0 fully saturated rings. The van der Waals surface area contributed by atoms with Gasteiger partial charge in [-0.3, -0.25) is 0 Å². The Hall–Kier alpha value is -1.07. The van der Waals surface area contributed by atoms with Gasteiger partial charge in [0, 0.05) is 11.5 Å². The summed E-state index contributed by atoms with van der Waals surface area (Å²) < 4.78 is 1.14. The zero-order valence-corrected chi connectivity index (χ0v) is 9.44. The van der Waals surface area contributed by atoms with Crippen molar-refractivity contribution in [2.45, 2.75) is 5.75 Å². The second-order valence-electron chi connectivity index (χ2n) is 2.94. The summed E-state index contributed by atoms with van der Waals surface area (Å²) in [7, 11) is 0. The monoisotopic (exact) mass is 238 g/mol. The van der Waals surface area contributed by atoms with Crippen molar-refractivity contribution in [1.82, 2.24) is 4.98 Å². The van der Waals surface area contributed by atoms with E-state index in [0.717, 1.165) is 15.2 Å². The third kappa shape index (κ3) is 2.70. The van der Waals surface area contributed by atoms with E-state index in [1.54, 1.807) is 11.3 Å². The maximum atomic E-state index is 10.2. The van der Waals surface area contributed by atoms with Crippen molar-refractivity contribution in [3.8, 4) is 0 Å². The van der Waals surface area contributed by atoms with Gasteiger partial charge in [-0.15, -0.1) is 23.1 Å². The summed E-state index contributed by atoms with van der Waals surface area (Å²) in [6.45, 7) is 0. The first-order valence-corrected chi connectivity index (χ1v) is 6.35. The first-order valence-electron chi connectivity index (χ1n) is 4.38. The van der Waals surface area contributed by atoms with Crippen LogP contribution in [0.2, 0.25) is 0 Å². The van der Waals surface area contributed by atoms with E-state index in [2.05, 4.69) is 4.98 Å². The SMILES string of the molecule is O=C([O-])CSCc1nc2ccccc2s1.